The van der Waals surface area contributed by atoms with Gasteiger partial charge >= 0.3 is 5.97 Å². The number of aliphatic carboxylic acids is 1. The maximum atomic E-state index is 11.7. The number of carboxylic acid groups (broad SMARTS) is 1. The zero-order valence-corrected chi connectivity index (χ0v) is 12.0. The van der Waals surface area contributed by atoms with Crippen LogP contribution in [0.5, 0.6) is 0 Å². The summed E-state index contributed by atoms with van der Waals surface area (Å²) >= 11 is 0. The molecule has 116 valence electrons. The number of hydrogen-bond acceptors (Lipinski definition) is 4. The van der Waals surface area contributed by atoms with Gasteiger partial charge in [-0.25, -0.2) is 4.98 Å². The van der Waals surface area contributed by atoms with Gasteiger partial charge < -0.3 is 19.7 Å². The van der Waals surface area contributed by atoms with Crippen molar-refractivity contribution in [2.75, 3.05) is 13.2 Å². The van der Waals surface area contributed by atoms with E-state index < -0.39 is 5.97 Å². The summed E-state index contributed by atoms with van der Waals surface area (Å²) in [6.07, 6.45) is -0.174. The number of rotatable bonds is 5. The molecule has 1 aliphatic heterocycles. The Balaban J connectivity index is 1.72. The van der Waals surface area contributed by atoms with Gasteiger partial charge in [0.1, 0.15) is 12.4 Å². The number of carbonyl (C=O) groups is 2. The molecule has 7 nitrogen and oxygen atoms in total. The van der Waals surface area contributed by atoms with Crippen molar-refractivity contribution in [3.8, 4) is 0 Å². The van der Waals surface area contributed by atoms with Crippen LogP contribution in [0.2, 0.25) is 0 Å². The molecule has 1 atom stereocenters. The highest BCUT2D eigenvalue weighted by atomic mass is 16.5. The monoisotopic (exact) mass is 303 g/mol. The van der Waals surface area contributed by atoms with Gasteiger partial charge in [0.15, 0.2) is 0 Å². The summed E-state index contributed by atoms with van der Waals surface area (Å²) in [5.74, 6) is -0.393. The van der Waals surface area contributed by atoms with Crippen LogP contribution in [0.1, 0.15) is 24.7 Å². The Bertz CT molecular complexity index is 710. The summed E-state index contributed by atoms with van der Waals surface area (Å²) in [6.45, 7) is 1.34. The molecule has 2 N–H and O–H groups in total. The van der Waals surface area contributed by atoms with Crippen LogP contribution in [0, 0.1) is 0 Å². The molecule has 0 saturated carbocycles. The highest BCUT2D eigenvalue weighted by Gasteiger charge is 2.24. The van der Waals surface area contributed by atoms with Crippen LogP contribution in [-0.2, 0) is 20.9 Å². The van der Waals surface area contributed by atoms with Crippen molar-refractivity contribution in [3.63, 3.8) is 0 Å². The van der Waals surface area contributed by atoms with Gasteiger partial charge in [-0.2, -0.15) is 0 Å². The zero-order chi connectivity index (χ0) is 15.5. The largest absolute Gasteiger partial charge is 0.481 e. The third kappa shape index (κ3) is 2.94. The van der Waals surface area contributed by atoms with Crippen molar-refractivity contribution in [1.82, 2.24) is 14.9 Å². The predicted molar refractivity (Wildman–Crippen MR) is 78.3 cm³/mol. The average molecular weight is 303 g/mol. The van der Waals surface area contributed by atoms with Crippen LogP contribution in [0.15, 0.2) is 24.3 Å². The standard InChI is InChI=1S/C15H17N3O4/c19-14(5-6-15(20)21)16-7-10-8-22-9-13-17-11-3-1-2-4-12(11)18(10)13/h1-4,10H,5-9H2,(H,16,19)(H,20,21)/t10-/m0/s1. The van der Waals surface area contributed by atoms with E-state index in [1.54, 1.807) is 0 Å². The molecule has 0 radical (unpaired) electrons. The molecule has 22 heavy (non-hydrogen) atoms. The van der Waals surface area contributed by atoms with E-state index in [-0.39, 0.29) is 24.8 Å². The second-order valence-electron chi connectivity index (χ2n) is 5.25. The molecule has 1 aromatic heterocycles. The Hall–Kier alpha value is -2.41. The number of ether oxygens (including phenoxy) is 1. The lowest BCUT2D eigenvalue weighted by Crippen LogP contribution is -2.35. The fourth-order valence-electron chi connectivity index (χ4n) is 2.66. The second kappa shape index (κ2) is 6.15. The third-order valence-corrected chi connectivity index (χ3v) is 3.68. The van der Waals surface area contributed by atoms with Gasteiger partial charge in [-0.15, -0.1) is 0 Å². The number of aromatic nitrogens is 2. The number of hydrogen-bond donors (Lipinski definition) is 2. The van der Waals surface area contributed by atoms with Crippen LogP contribution < -0.4 is 5.32 Å². The first-order valence-corrected chi connectivity index (χ1v) is 7.17. The van der Waals surface area contributed by atoms with Gasteiger partial charge in [-0.3, -0.25) is 9.59 Å². The fraction of sp³-hybridized carbons (Fsp3) is 0.400. The number of nitrogens with zero attached hydrogens (tertiary/aromatic N) is 2. The van der Waals surface area contributed by atoms with Gasteiger partial charge in [0, 0.05) is 13.0 Å². The Morgan fingerprint density at radius 3 is 3.00 bits per heavy atom. The quantitative estimate of drug-likeness (QED) is 0.862. The minimum atomic E-state index is -0.973. The number of nitrogens with one attached hydrogen (secondary N) is 1. The second-order valence-corrected chi connectivity index (χ2v) is 5.25. The van der Waals surface area contributed by atoms with Gasteiger partial charge in [-0.1, -0.05) is 12.1 Å². The Morgan fingerprint density at radius 2 is 2.18 bits per heavy atom. The van der Waals surface area contributed by atoms with Gasteiger partial charge in [-0.05, 0) is 12.1 Å². The molecular formula is C15H17N3O4. The third-order valence-electron chi connectivity index (χ3n) is 3.68. The molecule has 1 aromatic carbocycles. The number of para-hydroxylation sites is 2. The van der Waals surface area contributed by atoms with Crippen molar-refractivity contribution in [2.24, 2.45) is 0 Å². The summed E-state index contributed by atoms with van der Waals surface area (Å²) in [7, 11) is 0. The summed E-state index contributed by atoms with van der Waals surface area (Å²) in [4.78, 5) is 26.7. The van der Waals surface area contributed by atoms with E-state index in [9.17, 15) is 9.59 Å². The molecular weight excluding hydrogens is 286 g/mol. The minimum absolute atomic E-state index is 0.0134. The van der Waals surface area contributed by atoms with Crippen LogP contribution in [0.3, 0.4) is 0 Å². The van der Waals surface area contributed by atoms with Crippen LogP contribution in [-0.4, -0.2) is 39.7 Å². The molecule has 3 rings (SSSR count). The average Bonchev–Trinajstić information content (AvgIpc) is 2.90. The predicted octanol–water partition coefficient (Wildman–Crippen LogP) is 1.09. The number of benzene rings is 1. The fourth-order valence-corrected chi connectivity index (χ4v) is 2.66. The van der Waals surface area contributed by atoms with Gasteiger partial charge in [0.2, 0.25) is 5.91 Å². The van der Waals surface area contributed by atoms with E-state index in [1.165, 1.54) is 0 Å². The van der Waals surface area contributed by atoms with Crippen LogP contribution in [0.25, 0.3) is 11.0 Å². The van der Waals surface area contributed by atoms with E-state index in [2.05, 4.69) is 14.9 Å². The number of carboxylic acids is 1. The summed E-state index contributed by atoms with van der Waals surface area (Å²) in [5, 5.41) is 11.4. The maximum Gasteiger partial charge on any atom is 0.303 e. The topological polar surface area (TPSA) is 93.4 Å². The van der Waals surface area contributed by atoms with Crippen molar-refractivity contribution >= 4 is 22.9 Å². The van der Waals surface area contributed by atoms with E-state index in [0.717, 1.165) is 16.9 Å². The van der Waals surface area contributed by atoms with Gasteiger partial charge in [0.25, 0.3) is 0 Å². The molecule has 0 unspecified atom stereocenters. The molecule has 0 saturated heterocycles. The lowest BCUT2D eigenvalue weighted by Gasteiger charge is -2.26. The number of carbonyl (C=O) groups excluding carboxylic acids is 1. The lowest BCUT2D eigenvalue weighted by molar-refractivity contribution is -0.138. The number of fused-ring (bicyclic) bond motifs is 3. The molecule has 0 aliphatic carbocycles. The highest BCUT2D eigenvalue weighted by Crippen LogP contribution is 2.25. The molecule has 0 spiro atoms. The maximum absolute atomic E-state index is 11.7. The SMILES string of the molecule is O=C(O)CCC(=O)NC[C@H]1COCc2nc3ccccc3n21. The molecule has 7 heteroatoms. The molecule has 1 aliphatic rings. The summed E-state index contributed by atoms with van der Waals surface area (Å²) in [5.41, 5.74) is 1.93. The Labute approximate surface area is 126 Å². The Morgan fingerprint density at radius 1 is 1.36 bits per heavy atom. The lowest BCUT2D eigenvalue weighted by atomic mass is 10.2. The Kier molecular flexibility index (Phi) is 4.06. The zero-order valence-electron chi connectivity index (χ0n) is 12.0. The van der Waals surface area contributed by atoms with E-state index in [1.807, 2.05) is 24.3 Å². The van der Waals surface area contributed by atoms with Crippen molar-refractivity contribution in [2.45, 2.75) is 25.5 Å². The molecule has 2 heterocycles. The first kappa shape index (κ1) is 14.5. The number of imidazole rings is 1. The van der Waals surface area contributed by atoms with E-state index >= 15 is 0 Å². The smallest absolute Gasteiger partial charge is 0.303 e. The summed E-state index contributed by atoms with van der Waals surface area (Å²) in [6, 6.07) is 7.80. The highest BCUT2D eigenvalue weighted by molar-refractivity contribution is 5.80. The van der Waals surface area contributed by atoms with E-state index in [0.29, 0.717) is 19.8 Å². The first-order valence-electron chi connectivity index (χ1n) is 7.17. The molecule has 2 aromatic rings. The summed E-state index contributed by atoms with van der Waals surface area (Å²) < 4.78 is 7.63. The van der Waals surface area contributed by atoms with Crippen molar-refractivity contribution < 1.29 is 19.4 Å². The molecule has 0 fully saturated rings. The van der Waals surface area contributed by atoms with E-state index in [4.69, 9.17) is 9.84 Å². The number of amides is 1. The molecule has 1 amide bonds. The van der Waals surface area contributed by atoms with Crippen molar-refractivity contribution in [3.05, 3.63) is 30.1 Å². The van der Waals surface area contributed by atoms with Gasteiger partial charge in [0.05, 0.1) is 30.1 Å². The normalized spacial score (nSPS) is 17.2. The van der Waals surface area contributed by atoms with Crippen LogP contribution >= 0.6 is 0 Å². The first-order chi connectivity index (χ1) is 10.6. The van der Waals surface area contributed by atoms with Crippen molar-refractivity contribution in [1.29, 1.82) is 0 Å². The minimum Gasteiger partial charge on any atom is -0.481 e. The molecule has 0 bridgehead atoms. The van der Waals surface area contributed by atoms with Crippen LogP contribution in [0.4, 0.5) is 0 Å².